The molecule has 66 heavy (non-hydrogen) atoms. The average molecular weight is 894 g/mol. The number of aromatic amines is 1. The molecule has 3 fully saturated rings. The van der Waals surface area contributed by atoms with Crippen molar-refractivity contribution in [1.29, 1.82) is 0 Å². The maximum absolute atomic E-state index is 15.2. The number of H-pyrrole nitrogens is 1. The topological polar surface area (TPSA) is 228 Å². The van der Waals surface area contributed by atoms with Crippen molar-refractivity contribution in [1.82, 2.24) is 54.0 Å². The number of aliphatic hydroxyl groups is 1. The molecule has 11 rings (SSSR count). The summed E-state index contributed by atoms with van der Waals surface area (Å²) < 4.78 is 20.1. The summed E-state index contributed by atoms with van der Waals surface area (Å²) in [5, 5.41) is 31.0. The number of aliphatic hydroxyl groups excluding tert-OH is 1. The Bertz CT molecular complexity index is 3260. The molecule has 2 aliphatic heterocycles. The van der Waals surface area contributed by atoms with Crippen LogP contribution in [0.5, 0.6) is 0 Å². The number of aromatic nitrogens is 9. The van der Waals surface area contributed by atoms with E-state index in [1.54, 1.807) is 54.3 Å². The Labute approximate surface area is 376 Å². The van der Waals surface area contributed by atoms with E-state index in [9.17, 15) is 19.5 Å². The molecular weight excluding hydrogens is 846 g/mol. The number of benzene rings is 1. The molecule has 7 N–H and O–H groups in total. The molecule has 338 valence electrons. The first-order chi connectivity index (χ1) is 32.0. The first kappa shape index (κ1) is 41.4. The lowest BCUT2D eigenvalue weighted by Crippen LogP contribution is -2.43. The summed E-state index contributed by atoms with van der Waals surface area (Å²) >= 11 is 0. The Morgan fingerprint density at radius 3 is 2.36 bits per heavy atom. The summed E-state index contributed by atoms with van der Waals surface area (Å²) in [5.41, 5.74) is 6.52. The Hall–Kier alpha value is -7.29. The zero-order valence-electron chi connectivity index (χ0n) is 36.6. The first-order valence-corrected chi connectivity index (χ1v) is 22.3. The molecule has 0 spiro atoms. The fraction of sp³-hybridized carbons (Fsp3) is 0.348. The smallest absolute Gasteiger partial charge is 0.275 e. The van der Waals surface area contributed by atoms with Crippen LogP contribution in [-0.4, -0.2) is 104 Å². The monoisotopic (exact) mass is 893 g/mol. The number of fused-ring (bicyclic) bond motifs is 4. The van der Waals surface area contributed by atoms with Gasteiger partial charge in [-0.05, 0) is 83.7 Å². The van der Waals surface area contributed by atoms with Gasteiger partial charge in [0.1, 0.15) is 17.0 Å². The number of carbonyl (C=O) groups excluding carboxylic acids is 3. The predicted molar refractivity (Wildman–Crippen MR) is 245 cm³/mol. The number of aryl methyl sites for hydroxylation is 3. The summed E-state index contributed by atoms with van der Waals surface area (Å²) in [6.45, 7) is 7.73. The van der Waals surface area contributed by atoms with Crippen LogP contribution in [0.25, 0.3) is 39.2 Å². The van der Waals surface area contributed by atoms with Gasteiger partial charge in [-0.1, -0.05) is 0 Å². The van der Waals surface area contributed by atoms with Crippen LogP contribution in [0.1, 0.15) is 75.7 Å². The van der Waals surface area contributed by atoms with Crippen LogP contribution in [0.2, 0.25) is 0 Å². The van der Waals surface area contributed by atoms with E-state index >= 15 is 4.39 Å². The SMILES string of the molecule is Cc1cn2cc(NC(=O)c3cc(-c4nc5c(C(=O)Nc6cc(F)c7nc(C)cn7c6)ccc(NC(=O)C6CCNC6)c5[nH]4)c(N4CCC(NC5CC5)CC4)c4cc(CO)nn34)nc2c(C)n1. The minimum Gasteiger partial charge on any atom is -0.390 e. The third kappa shape index (κ3) is 7.65. The quantitative estimate of drug-likeness (QED) is 0.0921. The fourth-order valence-corrected chi connectivity index (χ4v) is 9.40. The van der Waals surface area contributed by atoms with Gasteiger partial charge in [-0.15, -0.1) is 0 Å². The zero-order chi connectivity index (χ0) is 45.4. The Kier molecular flexibility index (Phi) is 10.2. The highest BCUT2D eigenvalue weighted by Gasteiger charge is 2.32. The lowest BCUT2D eigenvalue weighted by Gasteiger charge is -2.35. The van der Waals surface area contributed by atoms with Crippen LogP contribution in [-0.2, 0) is 11.4 Å². The van der Waals surface area contributed by atoms with E-state index in [0.29, 0.717) is 94.8 Å². The van der Waals surface area contributed by atoms with E-state index < -0.39 is 17.6 Å². The van der Waals surface area contributed by atoms with Crippen molar-refractivity contribution in [2.24, 2.45) is 5.92 Å². The standard InChI is InChI=1S/C46H48FN15O4/c1-23-18-61-21-37(54-42(61)25(3)49-23)55-46(66)36-16-32(40(35-15-30(22-63)58-62(35)36)59-12-9-28(10-13-59)51-27-4-5-27)41-56-38-31(6-7-34(39(38)57-41)53-44(64)26-8-11-48-17-26)45(65)52-29-14-33(47)43-50-24(2)19-60(43)20-29/h6-7,14-16,18-21,26-28,48,51,63H,4-5,8-13,17,22H2,1-3H3,(H,52,65)(H,53,64)(H,55,66)(H,56,57). The second-order valence-electron chi connectivity index (χ2n) is 17.7. The molecular formula is C46H48FN15O4. The van der Waals surface area contributed by atoms with Gasteiger partial charge in [0, 0.05) is 61.9 Å². The lowest BCUT2D eigenvalue weighted by molar-refractivity contribution is -0.119. The number of rotatable bonds is 11. The molecule has 1 atom stereocenters. The molecule has 0 radical (unpaired) electrons. The van der Waals surface area contributed by atoms with E-state index in [1.807, 2.05) is 24.4 Å². The number of halogens is 1. The van der Waals surface area contributed by atoms with Gasteiger partial charge in [0.25, 0.3) is 11.8 Å². The van der Waals surface area contributed by atoms with Crippen LogP contribution in [0.3, 0.4) is 0 Å². The molecule has 3 aliphatic rings. The number of imidazole rings is 3. The van der Waals surface area contributed by atoms with Gasteiger partial charge in [0.2, 0.25) is 5.91 Å². The van der Waals surface area contributed by atoms with Crippen LogP contribution in [0.4, 0.5) is 27.3 Å². The van der Waals surface area contributed by atoms with Crippen molar-refractivity contribution in [3.63, 3.8) is 0 Å². The largest absolute Gasteiger partial charge is 0.390 e. The van der Waals surface area contributed by atoms with E-state index in [-0.39, 0.29) is 46.5 Å². The van der Waals surface area contributed by atoms with Gasteiger partial charge < -0.3 is 50.4 Å². The van der Waals surface area contributed by atoms with Gasteiger partial charge in [-0.3, -0.25) is 19.4 Å². The second kappa shape index (κ2) is 16.3. The second-order valence-corrected chi connectivity index (χ2v) is 17.7. The van der Waals surface area contributed by atoms with E-state index in [0.717, 1.165) is 30.8 Å². The Balaban J connectivity index is 1.05. The van der Waals surface area contributed by atoms with Gasteiger partial charge in [-0.25, -0.2) is 23.9 Å². The molecule has 8 aromatic rings. The van der Waals surface area contributed by atoms with Crippen LogP contribution in [0.15, 0.2) is 55.1 Å². The van der Waals surface area contributed by atoms with Crippen molar-refractivity contribution in [2.75, 3.05) is 47.0 Å². The lowest BCUT2D eigenvalue weighted by atomic mass is 10.0. The van der Waals surface area contributed by atoms with Crippen molar-refractivity contribution in [2.45, 2.75) is 71.6 Å². The minimum atomic E-state index is -0.602. The Morgan fingerprint density at radius 2 is 1.61 bits per heavy atom. The summed E-state index contributed by atoms with van der Waals surface area (Å²) in [4.78, 5) is 66.8. The number of amides is 3. The van der Waals surface area contributed by atoms with E-state index in [1.165, 1.54) is 23.3 Å². The molecule has 1 saturated carbocycles. The van der Waals surface area contributed by atoms with Crippen LogP contribution < -0.4 is 31.5 Å². The van der Waals surface area contributed by atoms with Gasteiger partial charge in [0.15, 0.2) is 22.9 Å². The third-order valence-corrected chi connectivity index (χ3v) is 12.7. The maximum atomic E-state index is 15.2. The third-order valence-electron chi connectivity index (χ3n) is 12.7. The molecule has 0 bridgehead atoms. The highest BCUT2D eigenvalue weighted by molar-refractivity contribution is 6.15. The first-order valence-electron chi connectivity index (χ1n) is 22.3. The molecule has 20 heteroatoms. The zero-order valence-corrected chi connectivity index (χ0v) is 36.6. The van der Waals surface area contributed by atoms with E-state index in [4.69, 9.17) is 10.1 Å². The molecule has 1 unspecified atom stereocenters. The highest BCUT2D eigenvalue weighted by atomic mass is 19.1. The number of hydrogen-bond acceptors (Lipinski definition) is 12. The van der Waals surface area contributed by atoms with Crippen molar-refractivity contribution < 1.29 is 23.9 Å². The van der Waals surface area contributed by atoms with Gasteiger partial charge >= 0.3 is 0 Å². The number of pyridine rings is 2. The molecule has 19 nitrogen and oxygen atoms in total. The summed E-state index contributed by atoms with van der Waals surface area (Å²) in [6, 6.07) is 8.84. The molecule has 3 amide bonds. The average Bonchev–Trinajstić information content (AvgIpc) is 3.87. The van der Waals surface area contributed by atoms with Crippen molar-refractivity contribution >= 4 is 68.4 Å². The molecule has 2 saturated heterocycles. The van der Waals surface area contributed by atoms with Crippen LogP contribution >= 0.6 is 0 Å². The number of hydrogen-bond donors (Lipinski definition) is 7. The number of nitrogens with zero attached hydrogens (tertiary/aromatic N) is 9. The van der Waals surface area contributed by atoms with Gasteiger partial charge in [-0.2, -0.15) is 5.10 Å². The van der Waals surface area contributed by atoms with E-state index in [2.05, 4.69) is 51.4 Å². The predicted octanol–water partition coefficient (Wildman–Crippen LogP) is 4.90. The summed E-state index contributed by atoms with van der Waals surface area (Å²) in [6.07, 6.45) is 11.6. The Morgan fingerprint density at radius 1 is 0.833 bits per heavy atom. The normalized spacial score (nSPS) is 16.9. The highest BCUT2D eigenvalue weighted by Crippen LogP contribution is 2.40. The van der Waals surface area contributed by atoms with Crippen LogP contribution in [0, 0.1) is 32.5 Å². The summed E-state index contributed by atoms with van der Waals surface area (Å²) in [5.74, 6) is -1.51. The molecule has 9 heterocycles. The summed E-state index contributed by atoms with van der Waals surface area (Å²) in [7, 11) is 0. The van der Waals surface area contributed by atoms with Crippen molar-refractivity contribution in [3.8, 4) is 11.4 Å². The fourth-order valence-electron chi connectivity index (χ4n) is 9.40. The number of piperidine rings is 1. The van der Waals surface area contributed by atoms with Crippen molar-refractivity contribution in [3.05, 3.63) is 95.0 Å². The number of nitrogens with one attached hydrogen (secondary N) is 6. The molecule has 7 aromatic heterocycles. The number of anilines is 4. The molecule has 1 aliphatic carbocycles. The molecule has 1 aromatic carbocycles. The van der Waals surface area contributed by atoms with Gasteiger partial charge in [0.05, 0.1) is 75.2 Å². The maximum Gasteiger partial charge on any atom is 0.275 e. The number of carbonyl (C=O) groups is 3. The minimum absolute atomic E-state index is 0.129.